The molecule has 88 valence electrons. The third-order valence-corrected chi connectivity index (χ3v) is 3.82. The minimum atomic E-state index is -4.18. The molecule has 2 rings (SSSR count). The summed E-state index contributed by atoms with van der Waals surface area (Å²) in [5.74, 6) is -1.43. The maximum atomic E-state index is 11.1. The highest BCUT2D eigenvalue weighted by Gasteiger charge is 2.32. The van der Waals surface area contributed by atoms with Gasteiger partial charge in [0.1, 0.15) is 5.78 Å². The van der Waals surface area contributed by atoms with E-state index >= 15 is 0 Å². The molecule has 1 aromatic rings. The first-order valence-corrected chi connectivity index (χ1v) is 6.38. The van der Waals surface area contributed by atoms with Crippen molar-refractivity contribution in [3.05, 3.63) is 23.3 Å². The van der Waals surface area contributed by atoms with Crippen LogP contribution in [-0.2, 0) is 17.5 Å². The molecule has 0 fully saturated rings. The van der Waals surface area contributed by atoms with Gasteiger partial charge in [-0.15, -0.1) is 0 Å². The van der Waals surface area contributed by atoms with Gasteiger partial charge in [0, 0.05) is 6.54 Å². The summed E-state index contributed by atoms with van der Waals surface area (Å²) in [6.45, 7) is 0.263. The Kier molecular flexibility index (Phi) is 2.67. The maximum Gasteiger partial charge on any atom is 0.342 e. The van der Waals surface area contributed by atoms with E-state index in [0.717, 1.165) is 5.56 Å². The topological polar surface area (TPSA) is 110 Å². The molecule has 1 aliphatic heterocycles. The standard InChI is InChI=1S/C9H12NO5P/c11-7-1-5-3-9(16(13,14)15)10-4-6(5)2-8(7)12/h1-2,9-12H,3-4H2,(H2,13,14,15)/t9-/m0/s1. The van der Waals surface area contributed by atoms with E-state index in [4.69, 9.17) is 9.79 Å². The summed E-state index contributed by atoms with van der Waals surface area (Å²) in [7, 11) is -4.18. The molecule has 0 bridgehead atoms. The summed E-state index contributed by atoms with van der Waals surface area (Å²) in [6.07, 6.45) is 0.132. The number of rotatable bonds is 1. The van der Waals surface area contributed by atoms with Crippen LogP contribution in [0.2, 0.25) is 0 Å². The predicted octanol–water partition coefficient (Wildman–Crippen LogP) is 0.247. The molecule has 1 heterocycles. The number of hydrogen-bond acceptors (Lipinski definition) is 4. The zero-order valence-electron chi connectivity index (χ0n) is 8.29. The predicted molar refractivity (Wildman–Crippen MR) is 56.1 cm³/mol. The Balaban J connectivity index is 2.34. The summed E-state index contributed by atoms with van der Waals surface area (Å²) in [5.41, 5.74) is 1.38. The highest BCUT2D eigenvalue weighted by molar-refractivity contribution is 7.52. The maximum absolute atomic E-state index is 11.1. The lowest BCUT2D eigenvalue weighted by Crippen LogP contribution is -2.35. The number of phenolic OH excluding ortho intramolecular Hbond substituents is 2. The van der Waals surface area contributed by atoms with E-state index in [2.05, 4.69) is 5.32 Å². The Labute approximate surface area is 91.7 Å². The van der Waals surface area contributed by atoms with Crippen molar-refractivity contribution in [3.8, 4) is 11.5 Å². The molecule has 0 aromatic heterocycles. The highest BCUT2D eigenvalue weighted by atomic mass is 31.2. The van der Waals surface area contributed by atoms with Crippen molar-refractivity contribution in [1.29, 1.82) is 0 Å². The Bertz CT molecular complexity index is 469. The van der Waals surface area contributed by atoms with E-state index in [9.17, 15) is 14.8 Å². The molecule has 1 aliphatic rings. The van der Waals surface area contributed by atoms with Crippen molar-refractivity contribution < 1.29 is 24.6 Å². The molecular weight excluding hydrogens is 233 g/mol. The summed E-state index contributed by atoms with van der Waals surface area (Å²) in [6, 6.07) is 2.74. The van der Waals surface area contributed by atoms with Gasteiger partial charge in [0.05, 0.1) is 0 Å². The fourth-order valence-corrected chi connectivity index (χ4v) is 2.53. The smallest absolute Gasteiger partial charge is 0.342 e. The van der Waals surface area contributed by atoms with Gasteiger partial charge in [-0.05, 0) is 29.7 Å². The van der Waals surface area contributed by atoms with Gasteiger partial charge in [-0.3, -0.25) is 9.88 Å². The van der Waals surface area contributed by atoms with E-state index in [0.29, 0.717) is 5.56 Å². The summed E-state index contributed by atoms with van der Waals surface area (Å²) in [5, 5.41) is 21.3. The highest BCUT2D eigenvalue weighted by Crippen LogP contribution is 2.44. The zero-order valence-corrected chi connectivity index (χ0v) is 9.19. The lowest BCUT2D eigenvalue weighted by Gasteiger charge is -2.26. The van der Waals surface area contributed by atoms with Gasteiger partial charge >= 0.3 is 7.60 Å². The van der Waals surface area contributed by atoms with Crippen LogP contribution in [0.3, 0.4) is 0 Å². The Morgan fingerprint density at radius 2 is 1.75 bits per heavy atom. The van der Waals surface area contributed by atoms with Crippen LogP contribution in [0, 0.1) is 0 Å². The third-order valence-electron chi connectivity index (χ3n) is 2.64. The minimum absolute atomic E-state index is 0.132. The van der Waals surface area contributed by atoms with E-state index in [1.165, 1.54) is 12.1 Å². The number of phenols is 2. The first kappa shape index (κ1) is 11.4. The molecule has 0 amide bonds. The average Bonchev–Trinajstić information content (AvgIpc) is 2.17. The second-order valence-electron chi connectivity index (χ2n) is 3.80. The molecule has 0 unspecified atom stereocenters. The van der Waals surface area contributed by atoms with Crippen molar-refractivity contribution in [2.45, 2.75) is 18.7 Å². The third kappa shape index (κ3) is 2.05. The Morgan fingerprint density at radius 1 is 1.19 bits per heavy atom. The molecule has 0 aliphatic carbocycles. The largest absolute Gasteiger partial charge is 0.504 e. The molecule has 5 N–H and O–H groups in total. The SMILES string of the molecule is O=P(O)(O)[C@H]1Cc2cc(O)c(O)cc2CN1. The molecule has 0 saturated carbocycles. The van der Waals surface area contributed by atoms with Gasteiger partial charge < -0.3 is 20.0 Å². The van der Waals surface area contributed by atoms with Gasteiger partial charge in [-0.25, -0.2) is 0 Å². The summed E-state index contributed by atoms with van der Waals surface area (Å²) >= 11 is 0. The second kappa shape index (κ2) is 3.75. The normalized spacial score (nSPS) is 20.5. The molecule has 0 saturated heterocycles. The van der Waals surface area contributed by atoms with Gasteiger partial charge in [-0.2, -0.15) is 0 Å². The van der Waals surface area contributed by atoms with Gasteiger partial charge in [0.2, 0.25) is 0 Å². The van der Waals surface area contributed by atoms with Crippen LogP contribution < -0.4 is 5.32 Å². The van der Waals surface area contributed by atoms with Crippen LogP contribution in [0.5, 0.6) is 11.5 Å². The molecule has 6 nitrogen and oxygen atoms in total. The number of aromatic hydroxyl groups is 2. The number of fused-ring (bicyclic) bond motifs is 1. The summed E-state index contributed by atoms with van der Waals surface area (Å²) < 4.78 is 11.1. The quantitative estimate of drug-likeness (QED) is 0.358. The van der Waals surface area contributed by atoms with E-state index in [1.54, 1.807) is 0 Å². The number of nitrogens with one attached hydrogen (secondary N) is 1. The molecular formula is C9H12NO5P. The van der Waals surface area contributed by atoms with Crippen molar-refractivity contribution in [1.82, 2.24) is 5.32 Å². The molecule has 0 radical (unpaired) electrons. The van der Waals surface area contributed by atoms with Crippen LogP contribution in [0.1, 0.15) is 11.1 Å². The fourth-order valence-electron chi connectivity index (χ4n) is 1.76. The zero-order chi connectivity index (χ0) is 11.9. The van der Waals surface area contributed by atoms with E-state index < -0.39 is 13.4 Å². The molecule has 1 atom stereocenters. The van der Waals surface area contributed by atoms with Crippen LogP contribution in [0.4, 0.5) is 0 Å². The Hall–Kier alpha value is -1.07. The molecule has 7 heteroatoms. The second-order valence-corrected chi connectivity index (χ2v) is 5.60. The van der Waals surface area contributed by atoms with Crippen LogP contribution in [-0.4, -0.2) is 25.8 Å². The van der Waals surface area contributed by atoms with Crippen molar-refractivity contribution in [3.63, 3.8) is 0 Å². The van der Waals surface area contributed by atoms with E-state index in [1.807, 2.05) is 0 Å². The van der Waals surface area contributed by atoms with Crippen LogP contribution in [0.15, 0.2) is 12.1 Å². The monoisotopic (exact) mass is 245 g/mol. The Morgan fingerprint density at radius 3 is 2.31 bits per heavy atom. The van der Waals surface area contributed by atoms with Crippen LogP contribution in [0.25, 0.3) is 0 Å². The molecule has 0 spiro atoms. The first-order chi connectivity index (χ1) is 7.38. The van der Waals surface area contributed by atoms with Crippen molar-refractivity contribution in [2.24, 2.45) is 0 Å². The van der Waals surface area contributed by atoms with Crippen LogP contribution >= 0.6 is 7.60 Å². The van der Waals surface area contributed by atoms with Gasteiger partial charge in [0.15, 0.2) is 11.5 Å². The van der Waals surface area contributed by atoms with Crippen molar-refractivity contribution in [2.75, 3.05) is 0 Å². The lowest BCUT2D eigenvalue weighted by atomic mass is 10.0. The number of benzene rings is 1. The summed E-state index contributed by atoms with van der Waals surface area (Å²) in [4.78, 5) is 18.1. The fraction of sp³-hybridized carbons (Fsp3) is 0.333. The lowest BCUT2D eigenvalue weighted by molar-refractivity contribution is 0.340. The average molecular weight is 245 g/mol. The first-order valence-electron chi connectivity index (χ1n) is 4.70. The molecule has 16 heavy (non-hydrogen) atoms. The van der Waals surface area contributed by atoms with E-state index in [-0.39, 0.29) is 24.5 Å². The number of hydrogen-bond donors (Lipinski definition) is 5. The minimum Gasteiger partial charge on any atom is -0.504 e. The van der Waals surface area contributed by atoms with Crippen molar-refractivity contribution >= 4 is 7.60 Å². The molecule has 1 aromatic carbocycles. The van der Waals surface area contributed by atoms with Gasteiger partial charge in [0.25, 0.3) is 0 Å². The van der Waals surface area contributed by atoms with Gasteiger partial charge in [-0.1, -0.05) is 0 Å².